The third-order valence-corrected chi connectivity index (χ3v) is 9.81. The molecule has 0 amide bonds. The summed E-state index contributed by atoms with van der Waals surface area (Å²) in [4.78, 5) is 0. The highest BCUT2D eigenvalue weighted by atomic mass is 14.5. The molecular formula is C39H56. The molecule has 4 rings (SSSR count). The monoisotopic (exact) mass is 524 g/mol. The average molecular weight is 525 g/mol. The molecule has 0 heterocycles. The highest BCUT2D eigenvalue weighted by Crippen LogP contribution is 2.63. The Labute approximate surface area is 241 Å². The van der Waals surface area contributed by atoms with E-state index in [0.717, 1.165) is 0 Å². The minimum absolute atomic E-state index is 0.122. The van der Waals surface area contributed by atoms with Crippen molar-refractivity contribution in [1.29, 1.82) is 0 Å². The minimum Gasteiger partial charge on any atom is -0.0654 e. The van der Waals surface area contributed by atoms with E-state index in [1.807, 2.05) is 0 Å². The summed E-state index contributed by atoms with van der Waals surface area (Å²) in [5, 5.41) is 0. The Morgan fingerprint density at radius 1 is 0.487 bits per heavy atom. The molecule has 2 aliphatic carbocycles. The Morgan fingerprint density at radius 3 is 1.26 bits per heavy atom. The molecular weight excluding hydrogens is 468 g/mol. The van der Waals surface area contributed by atoms with Gasteiger partial charge in [-0.25, -0.2) is 0 Å². The van der Waals surface area contributed by atoms with Gasteiger partial charge in [-0.05, 0) is 90.2 Å². The molecule has 212 valence electrons. The maximum absolute atomic E-state index is 2.64. The van der Waals surface area contributed by atoms with Gasteiger partial charge in [0.05, 0.1) is 0 Å². The van der Waals surface area contributed by atoms with E-state index < -0.39 is 0 Å². The second kappa shape index (κ2) is 14.0. The lowest BCUT2D eigenvalue weighted by molar-refractivity contribution is 0.266. The predicted octanol–water partition coefficient (Wildman–Crippen LogP) is 12.7. The Morgan fingerprint density at radius 2 is 0.872 bits per heavy atom. The highest BCUT2D eigenvalue weighted by Gasteiger charge is 2.48. The van der Waals surface area contributed by atoms with Crippen molar-refractivity contribution in [3.8, 4) is 0 Å². The Hall–Kier alpha value is -2.08. The van der Waals surface area contributed by atoms with Gasteiger partial charge >= 0.3 is 0 Å². The summed E-state index contributed by atoms with van der Waals surface area (Å²) in [5.41, 5.74) is 13.5. The molecule has 0 N–H and O–H groups in total. The van der Waals surface area contributed by atoms with E-state index in [9.17, 15) is 0 Å². The smallest absolute Gasteiger partial charge is 0.0120 e. The fourth-order valence-corrected chi connectivity index (χ4v) is 8.00. The quantitative estimate of drug-likeness (QED) is 0.192. The maximum Gasteiger partial charge on any atom is 0.0120 e. The largest absolute Gasteiger partial charge is 0.0654 e. The van der Waals surface area contributed by atoms with Crippen molar-refractivity contribution in [3.05, 3.63) is 81.9 Å². The molecule has 0 radical (unpaired) electrons. The van der Waals surface area contributed by atoms with Crippen molar-refractivity contribution in [3.63, 3.8) is 0 Å². The van der Waals surface area contributed by atoms with E-state index in [1.165, 1.54) is 89.9 Å². The van der Waals surface area contributed by atoms with Crippen molar-refractivity contribution >= 4 is 11.1 Å². The van der Waals surface area contributed by atoms with Crippen LogP contribution in [0.4, 0.5) is 0 Å². The third-order valence-electron chi connectivity index (χ3n) is 9.81. The van der Waals surface area contributed by atoms with Crippen LogP contribution in [0.3, 0.4) is 0 Å². The fraction of sp³-hybridized carbons (Fsp3) is 0.590. The molecule has 0 heteroatoms. The van der Waals surface area contributed by atoms with Crippen molar-refractivity contribution in [2.75, 3.05) is 0 Å². The van der Waals surface area contributed by atoms with Gasteiger partial charge in [0.1, 0.15) is 0 Å². The predicted molar refractivity (Wildman–Crippen MR) is 173 cm³/mol. The number of hydrogen-bond acceptors (Lipinski definition) is 0. The summed E-state index contributed by atoms with van der Waals surface area (Å²) in [6.45, 7) is 14.7. The highest BCUT2D eigenvalue weighted by molar-refractivity contribution is 5.81. The van der Waals surface area contributed by atoms with Gasteiger partial charge in [-0.1, -0.05) is 140 Å². The molecule has 0 bridgehead atoms. The lowest BCUT2D eigenvalue weighted by atomic mass is 9.61. The van der Waals surface area contributed by atoms with Crippen LogP contribution in [0.5, 0.6) is 0 Å². The molecule has 0 fully saturated rings. The first kappa shape index (κ1) is 29.9. The first-order chi connectivity index (χ1) is 19.0. The lowest BCUT2D eigenvalue weighted by Gasteiger charge is -2.42. The zero-order valence-corrected chi connectivity index (χ0v) is 26.2. The van der Waals surface area contributed by atoms with Gasteiger partial charge in [-0.2, -0.15) is 0 Å². The van der Waals surface area contributed by atoms with Crippen LogP contribution in [-0.2, 0) is 0 Å². The van der Waals surface area contributed by atoms with Gasteiger partial charge in [0.15, 0.2) is 0 Å². The van der Waals surface area contributed by atoms with Crippen LogP contribution < -0.4 is 0 Å². The summed E-state index contributed by atoms with van der Waals surface area (Å²) in [7, 11) is 0. The number of rotatable bonds is 16. The third kappa shape index (κ3) is 6.16. The zero-order chi connectivity index (χ0) is 27.8. The number of unbranched alkanes of at least 4 members (excludes halogenated alkanes) is 6. The van der Waals surface area contributed by atoms with Gasteiger partial charge in [-0.15, -0.1) is 0 Å². The minimum atomic E-state index is 0.122. The molecule has 2 unspecified atom stereocenters. The van der Waals surface area contributed by atoms with E-state index in [0.29, 0.717) is 11.8 Å². The van der Waals surface area contributed by atoms with Gasteiger partial charge in [-0.3, -0.25) is 0 Å². The van der Waals surface area contributed by atoms with Gasteiger partial charge in [0.2, 0.25) is 0 Å². The summed E-state index contributed by atoms with van der Waals surface area (Å²) in [6, 6.07) is 19.1. The van der Waals surface area contributed by atoms with Crippen LogP contribution in [0.15, 0.2) is 59.7 Å². The van der Waals surface area contributed by atoms with Crippen molar-refractivity contribution in [1.82, 2.24) is 0 Å². The molecule has 2 aromatic carbocycles. The molecule has 39 heavy (non-hydrogen) atoms. The topological polar surface area (TPSA) is 0 Å². The van der Waals surface area contributed by atoms with Crippen LogP contribution in [0.1, 0.15) is 166 Å². The van der Waals surface area contributed by atoms with E-state index in [1.54, 1.807) is 44.5 Å². The molecule has 2 aliphatic rings. The molecule has 0 saturated heterocycles. The lowest BCUT2D eigenvalue weighted by Crippen LogP contribution is -2.31. The molecule has 0 nitrogen and oxygen atoms in total. The number of allylic oxidation sites excluding steroid dienone is 4. The second-order valence-corrected chi connectivity index (χ2v) is 13.0. The molecule has 0 aromatic heterocycles. The van der Waals surface area contributed by atoms with E-state index in [2.05, 4.69) is 90.1 Å². The summed E-state index contributed by atoms with van der Waals surface area (Å²) in [6.07, 6.45) is 18.0. The van der Waals surface area contributed by atoms with E-state index in [-0.39, 0.29) is 5.41 Å². The number of fused-ring (bicyclic) bond motifs is 2. The normalized spacial score (nSPS) is 18.7. The van der Waals surface area contributed by atoms with Gasteiger partial charge in [0.25, 0.3) is 0 Å². The fourth-order valence-electron chi connectivity index (χ4n) is 8.00. The zero-order valence-electron chi connectivity index (χ0n) is 26.2. The summed E-state index contributed by atoms with van der Waals surface area (Å²) < 4.78 is 0. The number of benzene rings is 2. The maximum atomic E-state index is 2.64. The van der Waals surface area contributed by atoms with Crippen LogP contribution >= 0.6 is 0 Å². The van der Waals surface area contributed by atoms with E-state index >= 15 is 0 Å². The summed E-state index contributed by atoms with van der Waals surface area (Å²) >= 11 is 0. The molecule has 0 aliphatic heterocycles. The standard InChI is InChI=1S/C39H56/c1-7-11-15-23-29-31-25-17-19-27-35(31)37(33(29)21-13-9-3)39(5,6)38-34(22-14-10-4)30(24-16-12-8-2)32-26-18-20-28-36(32)38/h17-20,25-28,37-38H,7-16,21-24H2,1-6H3. The van der Waals surface area contributed by atoms with Crippen molar-refractivity contribution < 1.29 is 0 Å². The second-order valence-electron chi connectivity index (χ2n) is 13.0. The molecule has 2 atom stereocenters. The van der Waals surface area contributed by atoms with Crippen molar-refractivity contribution in [2.45, 2.75) is 143 Å². The van der Waals surface area contributed by atoms with Crippen LogP contribution in [0, 0.1) is 5.41 Å². The number of hydrogen-bond donors (Lipinski definition) is 0. The Bertz CT molecular complexity index is 1050. The average Bonchev–Trinajstić information content (AvgIpc) is 3.44. The van der Waals surface area contributed by atoms with Crippen LogP contribution in [0.2, 0.25) is 0 Å². The molecule has 0 spiro atoms. The van der Waals surface area contributed by atoms with Gasteiger partial charge in [0, 0.05) is 11.8 Å². The van der Waals surface area contributed by atoms with Crippen LogP contribution in [-0.4, -0.2) is 0 Å². The molecule has 2 aromatic rings. The first-order valence-electron chi connectivity index (χ1n) is 16.6. The first-order valence-corrected chi connectivity index (χ1v) is 16.6. The molecule has 0 saturated carbocycles. The SMILES string of the molecule is CCCCCC1=C(CCCC)C(C(C)(C)C2C(CCCC)=C(CCCCC)c3ccccc32)c2ccccc21. The van der Waals surface area contributed by atoms with Gasteiger partial charge < -0.3 is 0 Å². The summed E-state index contributed by atoms with van der Waals surface area (Å²) in [5.74, 6) is 1.00. The Kier molecular flexibility index (Phi) is 10.7. The Balaban J connectivity index is 1.86. The van der Waals surface area contributed by atoms with Crippen molar-refractivity contribution in [2.24, 2.45) is 5.41 Å². The van der Waals surface area contributed by atoms with E-state index in [4.69, 9.17) is 0 Å². The van der Waals surface area contributed by atoms with Crippen LogP contribution in [0.25, 0.3) is 11.1 Å².